The largest absolute Gasteiger partial charge is 0.432 e. The number of alkyl halides is 6. The van der Waals surface area contributed by atoms with E-state index in [9.17, 15) is 35.9 Å². The summed E-state index contributed by atoms with van der Waals surface area (Å²) >= 11 is 4.44. The van der Waals surface area contributed by atoms with E-state index in [4.69, 9.17) is 0 Å². The van der Waals surface area contributed by atoms with Crippen LogP contribution in [-0.4, -0.2) is 29.7 Å². The van der Waals surface area contributed by atoms with Crippen LogP contribution in [0.4, 0.5) is 26.3 Å². The highest BCUT2D eigenvalue weighted by molar-refractivity contribution is 6.80. The zero-order valence-corrected chi connectivity index (χ0v) is 8.62. The first-order chi connectivity index (χ1) is 7.46. The maximum absolute atomic E-state index is 12.7. The number of hydrogen-bond acceptors (Lipinski definition) is 3. The fourth-order valence-corrected chi connectivity index (χ4v) is 0.725. The van der Waals surface area contributed by atoms with E-state index in [0.717, 1.165) is 0 Å². The molecule has 0 saturated heterocycles. The van der Waals surface area contributed by atoms with E-state index < -0.39 is 42.5 Å². The van der Waals surface area contributed by atoms with Crippen LogP contribution in [0.5, 0.6) is 0 Å². The molecule has 0 saturated carbocycles. The molecule has 0 aliphatic rings. The second-order valence-electron chi connectivity index (χ2n) is 2.85. The molecule has 0 aromatic rings. The van der Waals surface area contributed by atoms with Crippen molar-refractivity contribution in [2.24, 2.45) is 0 Å². The Kier molecular flexibility index (Phi) is 5.24. The molecular formula is C7H5ClF6O3. The fourth-order valence-electron chi connectivity index (χ4n) is 0.686. The van der Waals surface area contributed by atoms with Gasteiger partial charge in [0.25, 0.3) is 0 Å². The quantitative estimate of drug-likeness (QED) is 0.338. The van der Waals surface area contributed by atoms with Crippen LogP contribution in [-0.2, 0) is 14.3 Å². The van der Waals surface area contributed by atoms with Gasteiger partial charge in [-0.3, -0.25) is 4.79 Å². The Bertz CT molecular complexity index is 302. The summed E-state index contributed by atoms with van der Waals surface area (Å²) in [6.07, 6.45) is -16.5. The topological polar surface area (TPSA) is 43.4 Å². The number of halogens is 7. The lowest BCUT2D eigenvalue weighted by Crippen LogP contribution is -2.37. The van der Waals surface area contributed by atoms with E-state index in [-0.39, 0.29) is 0 Å². The number of esters is 1. The van der Waals surface area contributed by atoms with Crippen LogP contribution in [0.2, 0.25) is 0 Å². The van der Waals surface area contributed by atoms with Gasteiger partial charge in [0.1, 0.15) is 0 Å². The van der Waals surface area contributed by atoms with Gasteiger partial charge in [0, 0.05) is 6.42 Å². The average molecular weight is 287 g/mol. The molecule has 1 unspecified atom stereocenters. The minimum Gasteiger partial charge on any atom is -0.392 e. The van der Waals surface area contributed by atoms with E-state index in [1.807, 2.05) is 0 Å². The van der Waals surface area contributed by atoms with Crippen molar-refractivity contribution in [1.29, 1.82) is 0 Å². The molecule has 17 heavy (non-hydrogen) atoms. The zero-order valence-electron chi connectivity index (χ0n) is 7.86. The highest BCUT2D eigenvalue weighted by Gasteiger charge is 2.47. The monoisotopic (exact) mass is 286 g/mol. The molecule has 0 aromatic carbocycles. The van der Waals surface area contributed by atoms with Crippen molar-refractivity contribution in [3.05, 3.63) is 0 Å². The molecule has 0 heterocycles. The highest BCUT2D eigenvalue weighted by Crippen LogP contribution is 2.31. The molecule has 0 aliphatic heterocycles. The second-order valence-corrected chi connectivity index (χ2v) is 3.19. The minimum absolute atomic E-state index is 1.61. The smallest absolute Gasteiger partial charge is 0.392 e. The predicted molar refractivity (Wildman–Crippen MR) is 42.1 cm³/mol. The molecule has 10 heteroatoms. The normalized spacial score (nSPS) is 14.3. The van der Waals surface area contributed by atoms with Crippen LogP contribution in [0.3, 0.4) is 0 Å². The van der Waals surface area contributed by atoms with Crippen molar-refractivity contribution in [3.8, 4) is 0 Å². The van der Waals surface area contributed by atoms with Crippen molar-refractivity contribution in [2.45, 2.75) is 31.3 Å². The van der Waals surface area contributed by atoms with Gasteiger partial charge in [0.05, 0.1) is 0 Å². The Labute approximate surface area is 95.7 Å². The third-order valence-electron chi connectivity index (χ3n) is 1.44. The third kappa shape index (κ3) is 6.35. The summed E-state index contributed by atoms with van der Waals surface area (Å²) < 4.78 is 75.7. The van der Waals surface area contributed by atoms with Crippen LogP contribution < -0.4 is 0 Å². The van der Waals surface area contributed by atoms with E-state index in [2.05, 4.69) is 16.3 Å². The molecule has 0 aromatic heterocycles. The van der Waals surface area contributed by atoms with Crippen molar-refractivity contribution >= 4 is 22.8 Å². The Morgan fingerprint density at radius 1 is 1.18 bits per heavy atom. The maximum Gasteiger partial charge on any atom is 0.432 e. The summed E-state index contributed by atoms with van der Waals surface area (Å²) in [6, 6.07) is 0. The highest BCUT2D eigenvalue weighted by atomic mass is 35.5. The molecule has 0 N–H and O–H groups in total. The van der Waals surface area contributed by atoms with Gasteiger partial charge in [0.15, 0.2) is 0 Å². The van der Waals surface area contributed by atoms with Gasteiger partial charge < -0.3 is 4.74 Å². The zero-order chi connectivity index (χ0) is 13.9. The molecule has 1 atom stereocenters. The number of carbonyl (C=O) groups is 2. The van der Waals surface area contributed by atoms with Gasteiger partial charge in [-0.25, -0.2) is 9.18 Å². The van der Waals surface area contributed by atoms with Gasteiger partial charge in [0.2, 0.25) is 6.17 Å². The summed E-state index contributed by atoms with van der Waals surface area (Å²) in [6.45, 7) is 0. The van der Waals surface area contributed by atoms with Gasteiger partial charge >= 0.3 is 23.5 Å². The van der Waals surface area contributed by atoms with Gasteiger partial charge in [-0.05, 0) is 18.0 Å². The number of rotatable bonds is 5. The van der Waals surface area contributed by atoms with Crippen molar-refractivity contribution < 1.29 is 40.7 Å². The minimum atomic E-state index is -4.84. The lowest BCUT2D eigenvalue weighted by molar-refractivity contribution is -0.262. The first kappa shape index (κ1) is 16.0. The van der Waals surface area contributed by atoms with Crippen molar-refractivity contribution in [3.63, 3.8) is 0 Å². The molecule has 100 valence electrons. The Morgan fingerprint density at radius 3 is 2.00 bits per heavy atom. The van der Waals surface area contributed by atoms with Crippen LogP contribution in [0.15, 0.2) is 0 Å². The summed E-state index contributed by atoms with van der Waals surface area (Å²) in [5.74, 6) is -2.24. The molecule has 0 spiro atoms. The van der Waals surface area contributed by atoms with E-state index in [1.54, 1.807) is 0 Å². The van der Waals surface area contributed by atoms with Crippen molar-refractivity contribution in [2.75, 3.05) is 0 Å². The van der Waals surface area contributed by atoms with Crippen LogP contribution >= 0.6 is 11.6 Å². The number of hydrogen-bond donors (Lipinski definition) is 0. The summed E-state index contributed by atoms with van der Waals surface area (Å²) in [4.78, 5) is 20.3. The molecule has 3 nitrogen and oxygen atoms in total. The Balaban J connectivity index is 4.39. The van der Waals surface area contributed by atoms with E-state index >= 15 is 0 Å². The third-order valence-corrected chi connectivity index (χ3v) is 1.59. The first-order valence-electron chi connectivity index (χ1n) is 3.97. The lowest BCUT2D eigenvalue weighted by Gasteiger charge is -2.19. The van der Waals surface area contributed by atoms with Gasteiger partial charge in [-0.15, -0.1) is 0 Å². The molecule has 0 bridgehead atoms. The van der Waals surface area contributed by atoms with E-state index in [0.29, 0.717) is 0 Å². The SMILES string of the molecule is O=C(Cl)C(=O)OC(F)(F)C(F)CCC(F)(F)F. The van der Waals surface area contributed by atoms with Gasteiger partial charge in [-0.1, -0.05) is 0 Å². The van der Waals surface area contributed by atoms with Crippen LogP contribution in [0.1, 0.15) is 12.8 Å². The number of ether oxygens (including phenoxy) is 1. The average Bonchev–Trinajstić information content (AvgIpc) is 2.11. The lowest BCUT2D eigenvalue weighted by atomic mass is 10.2. The summed E-state index contributed by atoms with van der Waals surface area (Å²) in [5, 5.41) is -1.94. The predicted octanol–water partition coefficient (Wildman–Crippen LogP) is 2.57. The standard InChI is InChI=1S/C7H5ClF6O3/c8-4(15)5(16)17-7(13,14)3(9)1-2-6(10,11)12/h3H,1-2H2. The summed E-state index contributed by atoms with van der Waals surface area (Å²) in [5.41, 5.74) is 0. The number of carbonyl (C=O) groups excluding carboxylic acids is 2. The molecular weight excluding hydrogens is 282 g/mol. The second kappa shape index (κ2) is 5.56. The van der Waals surface area contributed by atoms with Crippen LogP contribution in [0.25, 0.3) is 0 Å². The van der Waals surface area contributed by atoms with Crippen molar-refractivity contribution in [1.82, 2.24) is 0 Å². The first-order valence-corrected chi connectivity index (χ1v) is 4.35. The van der Waals surface area contributed by atoms with E-state index in [1.165, 1.54) is 0 Å². The Morgan fingerprint density at radius 2 is 1.65 bits per heavy atom. The van der Waals surface area contributed by atoms with Gasteiger partial charge in [-0.2, -0.15) is 22.0 Å². The molecule has 0 fully saturated rings. The molecule has 0 radical (unpaired) electrons. The maximum atomic E-state index is 12.7. The van der Waals surface area contributed by atoms with Crippen LogP contribution in [0, 0.1) is 0 Å². The Hall–Kier alpha value is -0.990. The molecule has 0 amide bonds. The molecule has 0 aliphatic carbocycles. The fraction of sp³-hybridized carbons (Fsp3) is 0.714. The summed E-state index contributed by atoms with van der Waals surface area (Å²) in [7, 11) is 0. The molecule has 0 rings (SSSR count).